The van der Waals surface area contributed by atoms with Crippen molar-refractivity contribution in [1.82, 2.24) is 9.36 Å². The molecule has 0 amide bonds. The van der Waals surface area contributed by atoms with Crippen LogP contribution in [0.5, 0.6) is 0 Å². The molecular formula is C30H20N2S. The van der Waals surface area contributed by atoms with Crippen LogP contribution in [0.2, 0.25) is 0 Å². The molecule has 6 rings (SSSR count). The van der Waals surface area contributed by atoms with E-state index in [0.29, 0.717) is 0 Å². The Morgan fingerprint density at radius 2 is 0.939 bits per heavy atom. The van der Waals surface area contributed by atoms with Gasteiger partial charge in [0.15, 0.2) is 0 Å². The predicted octanol–water partition coefficient (Wildman–Crippen LogP) is 8.36. The minimum atomic E-state index is 0.975. The van der Waals surface area contributed by atoms with Crippen molar-refractivity contribution in [2.75, 3.05) is 0 Å². The summed E-state index contributed by atoms with van der Waals surface area (Å²) in [6.07, 6.45) is 3.92. The van der Waals surface area contributed by atoms with E-state index in [0.717, 1.165) is 27.8 Å². The van der Waals surface area contributed by atoms with Gasteiger partial charge >= 0.3 is 0 Å². The molecule has 0 aliphatic rings. The van der Waals surface area contributed by atoms with Gasteiger partial charge in [0.2, 0.25) is 0 Å². The first kappa shape index (κ1) is 19.6. The Kier molecular flexibility index (Phi) is 5.02. The van der Waals surface area contributed by atoms with Crippen molar-refractivity contribution in [2.24, 2.45) is 0 Å². The highest BCUT2D eigenvalue weighted by Crippen LogP contribution is 2.37. The van der Waals surface area contributed by atoms with E-state index >= 15 is 0 Å². The Morgan fingerprint density at radius 1 is 0.455 bits per heavy atom. The maximum atomic E-state index is 4.88. The molecular weight excluding hydrogens is 420 g/mol. The van der Waals surface area contributed by atoms with Gasteiger partial charge < -0.3 is 0 Å². The molecule has 0 spiro atoms. The topological polar surface area (TPSA) is 25.8 Å². The van der Waals surface area contributed by atoms with Gasteiger partial charge in [-0.1, -0.05) is 109 Å². The largest absolute Gasteiger partial charge is 0.255 e. The van der Waals surface area contributed by atoms with Gasteiger partial charge in [-0.2, -0.15) is 4.37 Å². The van der Waals surface area contributed by atoms with E-state index < -0.39 is 0 Å². The normalized spacial score (nSPS) is 11.0. The van der Waals surface area contributed by atoms with E-state index in [1.807, 2.05) is 24.5 Å². The van der Waals surface area contributed by atoms with Gasteiger partial charge in [0.1, 0.15) is 0 Å². The summed E-state index contributed by atoms with van der Waals surface area (Å²) in [5.74, 6) is 0. The van der Waals surface area contributed by atoms with Gasteiger partial charge in [-0.15, -0.1) is 0 Å². The minimum absolute atomic E-state index is 0.975. The number of pyridine rings is 1. The van der Waals surface area contributed by atoms with Crippen LogP contribution in [0.15, 0.2) is 122 Å². The fourth-order valence-electron chi connectivity index (χ4n) is 4.22. The van der Waals surface area contributed by atoms with Gasteiger partial charge in [0.05, 0.1) is 16.6 Å². The zero-order chi connectivity index (χ0) is 22.0. The van der Waals surface area contributed by atoms with Gasteiger partial charge in [-0.3, -0.25) is 4.98 Å². The fourth-order valence-corrected chi connectivity index (χ4v) is 5.00. The first-order valence-corrected chi connectivity index (χ1v) is 11.7. The molecule has 33 heavy (non-hydrogen) atoms. The summed E-state index contributed by atoms with van der Waals surface area (Å²) in [5.41, 5.74) is 9.21. The van der Waals surface area contributed by atoms with E-state index in [4.69, 9.17) is 4.98 Å². The Morgan fingerprint density at radius 3 is 1.52 bits per heavy atom. The highest BCUT2D eigenvalue weighted by Gasteiger charge is 2.13. The number of nitrogens with zero attached hydrogens (tertiary/aromatic N) is 2. The average Bonchev–Trinajstić information content (AvgIpc) is 3.40. The number of benzene rings is 4. The van der Waals surface area contributed by atoms with Crippen LogP contribution in [0.1, 0.15) is 0 Å². The summed E-state index contributed by atoms with van der Waals surface area (Å²) < 4.78 is 5.67. The molecule has 0 saturated carbocycles. The van der Waals surface area contributed by atoms with Crippen LogP contribution in [0.4, 0.5) is 0 Å². The SMILES string of the molecule is c1ccc(-c2ccc(-c3ncc(-c4ccc(-c5ccccc5)cc4)c4sncc34)cc2)cc1. The molecule has 3 heteroatoms. The zero-order valence-corrected chi connectivity index (χ0v) is 18.7. The van der Waals surface area contributed by atoms with Crippen molar-refractivity contribution in [1.29, 1.82) is 0 Å². The Bertz CT molecular complexity index is 1400. The monoisotopic (exact) mass is 440 g/mol. The van der Waals surface area contributed by atoms with Crippen molar-refractivity contribution < 1.29 is 0 Å². The predicted molar refractivity (Wildman–Crippen MR) is 139 cm³/mol. The van der Waals surface area contributed by atoms with E-state index in [1.165, 1.54) is 38.5 Å². The van der Waals surface area contributed by atoms with E-state index in [2.05, 4.69) is 101 Å². The lowest BCUT2D eigenvalue weighted by molar-refractivity contribution is 1.36. The standard InChI is InChI=1S/C30H20N2S/c1-3-7-21(8-4-1)23-11-15-25(16-12-23)27-19-31-29(28-20-32-33-30(27)28)26-17-13-24(14-18-26)22-9-5-2-6-10-22/h1-20H. The molecule has 0 N–H and O–H groups in total. The quantitative estimate of drug-likeness (QED) is 0.275. The maximum Gasteiger partial charge on any atom is 0.0805 e. The lowest BCUT2D eigenvalue weighted by atomic mass is 9.99. The van der Waals surface area contributed by atoms with E-state index in [1.54, 1.807) is 0 Å². The second-order valence-electron chi connectivity index (χ2n) is 7.98. The molecule has 156 valence electrons. The van der Waals surface area contributed by atoms with Crippen LogP contribution in [0.3, 0.4) is 0 Å². The second kappa shape index (κ2) is 8.45. The molecule has 0 fully saturated rings. The van der Waals surface area contributed by atoms with Crippen LogP contribution >= 0.6 is 11.5 Å². The first-order valence-electron chi connectivity index (χ1n) is 10.9. The van der Waals surface area contributed by atoms with Crippen molar-refractivity contribution >= 4 is 21.6 Å². The van der Waals surface area contributed by atoms with Crippen molar-refractivity contribution in [3.8, 4) is 44.6 Å². The number of rotatable bonds is 4. The van der Waals surface area contributed by atoms with Crippen LogP contribution in [-0.4, -0.2) is 9.36 Å². The minimum Gasteiger partial charge on any atom is -0.255 e. The third kappa shape index (κ3) is 3.73. The Labute approximate surface area is 197 Å². The van der Waals surface area contributed by atoms with E-state index in [9.17, 15) is 0 Å². The van der Waals surface area contributed by atoms with Gasteiger partial charge in [-0.25, -0.2) is 0 Å². The lowest BCUT2D eigenvalue weighted by Gasteiger charge is -2.09. The highest BCUT2D eigenvalue weighted by atomic mass is 32.1. The number of hydrogen-bond donors (Lipinski definition) is 0. The van der Waals surface area contributed by atoms with Crippen molar-refractivity contribution in [3.63, 3.8) is 0 Å². The third-order valence-corrected chi connectivity index (χ3v) is 6.79. The van der Waals surface area contributed by atoms with Crippen molar-refractivity contribution in [2.45, 2.75) is 0 Å². The zero-order valence-electron chi connectivity index (χ0n) is 17.8. The third-order valence-electron chi connectivity index (χ3n) is 5.96. The number of fused-ring (bicyclic) bond motifs is 1. The molecule has 4 aromatic carbocycles. The maximum absolute atomic E-state index is 4.88. The smallest absolute Gasteiger partial charge is 0.0805 e. The van der Waals surface area contributed by atoms with Crippen LogP contribution < -0.4 is 0 Å². The molecule has 0 unspecified atom stereocenters. The second-order valence-corrected chi connectivity index (χ2v) is 8.78. The lowest BCUT2D eigenvalue weighted by Crippen LogP contribution is -1.88. The van der Waals surface area contributed by atoms with Gasteiger partial charge in [0, 0.05) is 22.7 Å². The van der Waals surface area contributed by atoms with Crippen LogP contribution in [-0.2, 0) is 0 Å². The first-order chi connectivity index (χ1) is 16.4. The number of aromatic nitrogens is 2. The molecule has 6 aromatic rings. The van der Waals surface area contributed by atoms with Crippen LogP contribution in [0, 0.1) is 0 Å². The molecule has 0 radical (unpaired) electrons. The summed E-state index contributed by atoms with van der Waals surface area (Å²) in [7, 11) is 0. The fraction of sp³-hybridized carbons (Fsp3) is 0. The summed E-state index contributed by atoms with van der Waals surface area (Å²) in [4.78, 5) is 4.88. The Hall–Kier alpha value is -4.08. The molecule has 0 aliphatic heterocycles. The van der Waals surface area contributed by atoms with Crippen LogP contribution in [0.25, 0.3) is 54.7 Å². The molecule has 2 nitrogen and oxygen atoms in total. The Balaban J connectivity index is 1.36. The molecule has 0 saturated heterocycles. The van der Waals surface area contributed by atoms with Gasteiger partial charge in [-0.05, 0) is 39.3 Å². The number of hydrogen-bond acceptors (Lipinski definition) is 3. The molecule has 0 bridgehead atoms. The van der Waals surface area contributed by atoms with Crippen molar-refractivity contribution in [3.05, 3.63) is 122 Å². The molecule has 0 aliphatic carbocycles. The molecule has 0 atom stereocenters. The summed E-state index contributed by atoms with van der Waals surface area (Å²) in [6.45, 7) is 0. The molecule has 2 aromatic heterocycles. The summed E-state index contributed by atoms with van der Waals surface area (Å²) >= 11 is 1.53. The van der Waals surface area contributed by atoms with E-state index in [-0.39, 0.29) is 0 Å². The summed E-state index contributed by atoms with van der Waals surface area (Å²) in [5, 5.41) is 1.09. The molecule has 2 heterocycles. The highest BCUT2D eigenvalue weighted by molar-refractivity contribution is 7.14. The van der Waals surface area contributed by atoms with Gasteiger partial charge in [0.25, 0.3) is 0 Å². The summed E-state index contributed by atoms with van der Waals surface area (Å²) in [6, 6.07) is 38.2. The average molecular weight is 441 g/mol.